The summed E-state index contributed by atoms with van der Waals surface area (Å²) in [5.74, 6) is -1.82. The van der Waals surface area contributed by atoms with Crippen LogP contribution in [0.15, 0.2) is 66.9 Å². The molecule has 2 heterocycles. The molecule has 10 nitrogen and oxygen atoms in total. The van der Waals surface area contributed by atoms with Crippen molar-refractivity contribution >= 4 is 29.4 Å². The maximum absolute atomic E-state index is 13.4. The number of hydrogen-bond acceptors (Lipinski definition) is 9. The average Bonchev–Trinajstić information content (AvgIpc) is 3.04. The van der Waals surface area contributed by atoms with Gasteiger partial charge in [-0.25, -0.2) is 9.78 Å². The molecular formula is C32H35ClN2O8. The Labute approximate surface area is 255 Å². The lowest BCUT2D eigenvalue weighted by Gasteiger charge is -2.31. The number of nitrogens with zero attached hydrogens (tertiary/aromatic N) is 1. The quantitative estimate of drug-likeness (QED) is 0.262. The van der Waals surface area contributed by atoms with Crippen molar-refractivity contribution in [2.75, 3.05) is 27.1 Å². The molecule has 4 atom stereocenters. The zero-order chi connectivity index (χ0) is 30.8. The van der Waals surface area contributed by atoms with Gasteiger partial charge in [0.25, 0.3) is 5.91 Å². The van der Waals surface area contributed by atoms with Gasteiger partial charge in [-0.2, -0.15) is 0 Å². The molecule has 11 heteroatoms. The molecule has 0 saturated carbocycles. The molecule has 0 bridgehead atoms. The molecule has 1 fully saturated rings. The van der Waals surface area contributed by atoms with Crippen LogP contribution < -0.4 is 14.8 Å². The molecule has 1 N–H and O–H groups in total. The number of carbonyl (C=O) groups excluding carboxylic acids is 3. The molecule has 0 unspecified atom stereocenters. The number of halogens is 1. The molecule has 1 saturated heterocycles. The summed E-state index contributed by atoms with van der Waals surface area (Å²) in [6.07, 6.45) is 2.24. The van der Waals surface area contributed by atoms with Gasteiger partial charge in [0.05, 0.1) is 20.3 Å². The minimum Gasteiger partial charge on any atom is -0.493 e. The molecule has 228 valence electrons. The van der Waals surface area contributed by atoms with Crippen molar-refractivity contribution in [3.63, 3.8) is 0 Å². The Kier molecular flexibility index (Phi) is 11.4. The van der Waals surface area contributed by atoms with Gasteiger partial charge in [-0.3, -0.25) is 9.59 Å². The van der Waals surface area contributed by atoms with Gasteiger partial charge in [0.15, 0.2) is 23.2 Å². The molecule has 1 aliphatic rings. The Morgan fingerprint density at radius 2 is 1.74 bits per heavy atom. The Hall–Kier alpha value is -4.15. The number of amides is 1. The lowest BCUT2D eigenvalue weighted by molar-refractivity contribution is -0.154. The fraction of sp³-hybridized carbons (Fsp3) is 0.375. The van der Waals surface area contributed by atoms with Gasteiger partial charge < -0.3 is 29.0 Å². The van der Waals surface area contributed by atoms with Crippen LogP contribution in [0.4, 0.5) is 0 Å². The third-order valence-corrected chi connectivity index (χ3v) is 7.46. The summed E-state index contributed by atoms with van der Waals surface area (Å²) in [6.45, 7) is 2.87. The van der Waals surface area contributed by atoms with Gasteiger partial charge >= 0.3 is 11.9 Å². The van der Waals surface area contributed by atoms with E-state index in [1.54, 1.807) is 0 Å². The lowest BCUT2D eigenvalue weighted by atomic mass is 9.80. The van der Waals surface area contributed by atoms with Crippen LogP contribution in [0.3, 0.4) is 0 Å². The van der Waals surface area contributed by atoms with Crippen LogP contribution in [0.2, 0.25) is 5.02 Å². The first kappa shape index (κ1) is 31.8. The van der Waals surface area contributed by atoms with E-state index >= 15 is 0 Å². The minimum atomic E-state index is -1.11. The maximum atomic E-state index is 13.4. The van der Waals surface area contributed by atoms with E-state index in [9.17, 15) is 14.4 Å². The molecule has 1 aliphatic heterocycles. The van der Waals surface area contributed by atoms with Crippen molar-refractivity contribution < 1.29 is 38.1 Å². The molecule has 1 aromatic heterocycles. The number of benzene rings is 2. The van der Waals surface area contributed by atoms with Gasteiger partial charge in [0.1, 0.15) is 6.10 Å². The van der Waals surface area contributed by atoms with E-state index in [4.69, 9.17) is 35.3 Å². The number of carbonyl (C=O) groups is 3. The van der Waals surface area contributed by atoms with Crippen LogP contribution >= 0.6 is 11.6 Å². The SMILES string of the molecule is COc1ccnc(C(=O)N[C@H]2COC[C@H](Cc3ccc(Cl)cc3)[C@@H](Cc3ccccc3)[C@H](C)OC2=O)c1OCOC(C)=O. The topological polar surface area (TPSA) is 122 Å². The number of methoxy groups -OCH3 is 1. The number of hydrogen-bond donors (Lipinski definition) is 1. The second kappa shape index (κ2) is 15.4. The molecule has 4 rings (SSSR count). The molecular weight excluding hydrogens is 576 g/mol. The van der Waals surface area contributed by atoms with Crippen LogP contribution in [-0.2, 0) is 36.6 Å². The van der Waals surface area contributed by atoms with Crippen LogP contribution in [0.25, 0.3) is 0 Å². The number of esters is 2. The Balaban J connectivity index is 1.54. The number of nitrogens with one attached hydrogen (secondary N) is 1. The summed E-state index contributed by atoms with van der Waals surface area (Å²) < 4.78 is 27.7. The molecule has 3 aromatic rings. The van der Waals surface area contributed by atoms with E-state index < -0.39 is 36.8 Å². The van der Waals surface area contributed by atoms with Crippen molar-refractivity contribution in [2.24, 2.45) is 11.8 Å². The van der Waals surface area contributed by atoms with Crippen molar-refractivity contribution in [1.29, 1.82) is 0 Å². The molecule has 1 amide bonds. The third kappa shape index (κ3) is 8.92. The van der Waals surface area contributed by atoms with E-state index in [1.807, 2.05) is 61.5 Å². The fourth-order valence-corrected chi connectivity index (χ4v) is 5.13. The second-order valence-electron chi connectivity index (χ2n) is 10.2. The highest BCUT2D eigenvalue weighted by Crippen LogP contribution is 2.31. The van der Waals surface area contributed by atoms with E-state index in [-0.39, 0.29) is 35.6 Å². The van der Waals surface area contributed by atoms with Gasteiger partial charge in [-0.15, -0.1) is 0 Å². The van der Waals surface area contributed by atoms with E-state index in [0.717, 1.165) is 11.1 Å². The Morgan fingerprint density at radius 1 is 1.02 bits per heavy atom. The van der Waals surface area contributed by atoms with Crippen LogP contribution in [0.5, 0.6) is 11.5 Å². The van der Waals surface area contributed by atoms with Gasteiger partial charge in [-0.05, 0) is 48.9 Å². The summed E-state index contributed by atoms with van der Waals surface area (Å²) >= 11 is 6.11. The largest absolute Gasteiger partial charge is 0.493 e. The predicted molar refractivity (Wildman–Crippen MR) is 158 cm³/mol. The van der Waals surface area contributed by atoms with E-state index in [0.29, 0.717) is 24.5 Å². The first-order valence-corrected chi connectivity index (χ1v) is 14.3. The van der Waals surface area contributed by atoms with Crippen molar-refractivity contribution in [3.05, 3.63) is 88.7 Å². The predicted octanol–water partition coefficient (Wildman–Crippen LogP) is 4.42. The number of rotatable bonds is 10. The monoisotopic (exact) mass is 610 g/mol. The van der Waals surface area contributed by atoms with Crippen molar-refractivity contribution in [3.8, 4) is 11.5 Å². The van der Waals surface area contributed by atoms with Crippen molar-refractivity contribution in [1.82, 2.24) is 10.3 Å². The summed E-state index contributed by atoms with van der Waals surface area (Å²) in [5, 5.41) is 3.32. The average molecular weight is 611 g/mol. The summed E-state index contributed by atoms with van der Waals surface area (Å²) in [6, 6.07) is 18.1. The van der Waals surface area contributed by atoms with Gasteiger partial charge in [0.2, 0.25) is 6.79 Å². The summed E-state index contributed by atoms with van der Waals surface area (Å²) in [5.41, 5.74) is 2.05. The van der Waals surface area contributed by atoms with E-state index in [1.165, 1.54) is 26.3 Å². The highest BCUT2D eigenvalue weighted by atomic mass is 35.5. The first-order valence-electron chi connectivity index (χ1n) is 13.9. The number of aromatic nitrogens is 1. The van der Waals surface area contributed by atoms with Crippen molar-refractivity contribution in [2.45, 2.75) is 38.8 Å². The second-order valence-corrected chi connectivity index (χ2v) is 10.7. The summed E-state index contributed by atoms with van der Waals surface area (Å²) in [4.78, 5) is 42.0. The Morgan fingerprint density at radius 3 is 2.44 bits per heavy atom. The highest BCUT2D eigenvalue weighted by molar-refractivity contribution is 6.30. The number of cyclic esters (lactones) is 1. The maximum Gasteiger partial charge on any atom is 0.331 e. The molecule has 0 spiro atoms. The number of ether oxygens (including phenoxy) is 5. The smallest absolute Gasteiger partial charge is 0.331 e. The standard InChI is InChI=1S/C32H35ClN2O8/c1-20-26(16-22-7-5-4-6-8-22)24(15-23-9-11-25(33)12-10-23)17-40-18-27(32(38)43-20)35-31(37)29-30(42-19-41-21(2)36)28(39-3)13-14-34-29/h4-14,20,24,26-27H,15-19H2,1-3H3,(H,35,37)/t20-,24-,26-,27-/m0/s1. The Bertz CT molecular complexity index is 1390. The van der Waals surface area contributed by atoms with Crippen LogP contribution in [0.1, 0.15) is 35.5 Å². The normalized spacial score (nSPS) is 20.5. The first-order chi connectivity index (χ1) is 20.7. The van der Waals surface area contributed by atoms with Gasteiger partial charge in [-0.1, -0.05) is 54.1 Å². The molecule has 0 aliphatic carbocycles. The van der Waals surface area contributed by atoms with Crippen LogP contribution in [0, 0.1) is 11.8 Å². The van der Waals surface area contributed by atoms with Crippen LogP contribution in [-0.4, -0.2) is 62.1 Å². The summed E-state index contributed by atoms with van der Waals surface area (Å²) in [7, 11) is 1.40. The molecule has 0 radical (unpaired) electrons. The molecule has 43 heavy (non-hydrogen) atoms. The number of pyridine rings is 1. The zero-order valence-electron chi connectivity index (χ0n) is 24.3. The fourth-order valence-electron chi connectivity index (χ4n) is 5.01. The van der Waals surface area contributed by atoms with Gasteiger partial charge in [0, 0.05) is 30.1 Å². The zero-order valence-corrected chi connectivity index (χ0v) is 25.0. The third-order valence-electron chi connectivity index (χ3n) is 7.21. The van der Waals surface area contributed by atoms with E-state index in [2.05, 4.69) is 10.3 Å². The molecule has 2 aromatic carbocycles. The highest BCUT2D eigenvalue weighted by Gasteiger charge is 2.35. The lowest BCUT2D eigenvalue weighted by Crippen LogP contribution is -2.46. The minimum absolute atomic E-state index is 0.0000342.